The summed E-state index contributed by atoms with van der Waals surface area (Å²) in [6, 6.07) is 0.756. The lowest BCUT2D eigenvalue weighted by atomic mass is 10.1. The molecule has 0 aromatic carbocycles. The Hall–Kier alpha value is -0.460. The molecular formula is C10H12BrN3OS. The van der Waals surface area contributed by atoms with E-state index in [2.05, 4.69) is 31.5 Å². The highest BCUT2D eigenvalue weighted by molar-refractivity contribution is 9.11. The Balaban J connectivity index is 1.65. The quantitative estimate of drug-likeness (QED) is 0.868. The molecule has 6 heteroatoms. The van der Waals surface area contributed by atoms with Gasteiger partial charge in [-0.1, -0.05) is 0 Å². The van der Waals surface area contributed by atoms with E-state index in [1.807, 2.05) is 0 Å². The molecule has 0 unspecified atom stereocenters. The molecule has 2 aliphatic rings. The molecule has 4 nitrogen and oxygen atoms in total. The van der Waals surface area contributed by atoms with Gasteiger partial charge in [0.05, 0.1) is 9.98 Å². The van der Waals surface area contributed by atoms with Gasteiger partial charge >= 0.3 is 0 Å². The number of carbonyl (C=O) groups is 1. The van der Waals surface area contributed by atoms with Gasteiger partial charge in [-0.15, -0.1) is 11.3 Å². The van der Waals surface area contributed by atoms with Gasteiger partial charge < -0.3 is 10.6 Å². The summed E-state index contributed by atoms with van der Waals surface area (Å²) in [6.45, 7) is 1.11. The van der Waals surface area contributed by atoms with Crippen LogP contribution < -0.4 is 10.6 Å². The van der Waals surface area contributed by atoms with Gasteiger partial charge in [-0.2, -0.15) is 0 Å². The van der Waals surface area contributed by atoms with Gasteiger partial charge in [0.1, 0.15) is 0 Å². The van der Waals surface area contributed by atoms with E-state index in [0.717, 1.165) is 22.7 Å². The fourth-order valence-electron chi connectivity index (χ4n) is 2.60. The number of nitrogens with one attached hydrogen (secondary N) is 2. The van der Waals surface area contributed by atoms with E-state index in [1.54, 1.807) is 6.20 Å². The number of nitrogens with zero attached hydrogens (tertiary/aromatic N) is 1. The molecule has 3 rings (SSSR count). The summed E-state index contributed by atoms with van der Waals surface area (Å²) >= 11 is 4.68. The summed E-state index contributed by atoms with van der Waals surface area (Å²) in [5.74, 6) is 0.702. The van der Waals surface area contributed by atoms with Crippen molar-refractivity contribution in [1.29, 1.82) is 0 Å². The maximum atomic E-state index is 11.9. The SMILES string of the molecule is O=C(N[C@@H]1C[C@H]2CN[C@H]1C2)c1ncc(Br)s1. The van der Waals surface area contributed by atoms with Crippen LogP contribution in [0, 0.1) is 5.92 Å². The number of thiazole rings is 1. The average molecular weight is 302 g/mol. The van der Waals surface area contributed by atoms with Crippen LogP contribution >= 0.6 is 27.3 Å². The second kappa shape index (κ2) is 4.09. The number of aromatic nitrogens is 1. The van der Waals surface area contributed by atoms with E-state index in [4.69, 9.17) is 0 Å². The van der Waals surface area contributed by atoms with E-state index in [9.17, 15) is 4.79 Å². The predicted molar refractivity (Wildman–Crippen MR) is 65.6 cm³/mol. The van der Waals surface area contributed by atoms with Crippen LogP contribution in [-0.2, 0) is 0 Å². The summed E-state index contributed by atoms with van der Waals surface area (Å²) in [5, 5.41) is 7.03. The molecule has 1 saturated heterocycles. The number of halogens is 1. The number of fused-ring (bicyclic) bond motifs is 2. The molecule has 2 N–H and O–H groups in total. The molecule has 2 bridgehead atoms. The molecule has 1 aliphatic heterocycles. The molecule has 1 saturated carbocycles. The second-order valence-electron chi connectivity index (χ2n) is 4.40. The first kappa shape index (κ1) is 10.7. The Morgan fingerprint density at radius 2 is 2.50 bits per heavy atom. The number of hydrogen-bond acceptors (Lipinski definition) is 4. The van der Waals surface area contributed by atoms with Crippen molar-refractivity contribution in [1.82, 2.24) is 15.6 Å². The van der Waals surface area contributed by atoms with Crippen molar-refractivity contribution in [3.63, 3.8) is 0 Å². The molecule has 1 aromatic heterocycles. The van der Waals surface area contributed by atoms with Gasteiger partial charge in [0.2, 0.25) is 0 Å². The monoisotopic (exact) mass is 301 g/mol. The first-order chi connectivity index (χ1) is 7.72. The standard InChI is InChI=1S/C10H12BrN3OS/c11-8-4-13-10(16-8)9(15)14-7-2-5-1-6(7)12-3-5/h4-7,12H,1-3H2,(H,14,15)/t5-,6-,7+/m0/s1. The second-order valence-corrected chi connectivity index (χ2v) is 6.81. The van der Waals surface area contributed by atoms with Crippen LogP contribution in [0.3, 0.4) is 0 Å². The fraction of sp³-hybridized carbons (Fsp3) is 0.600. The summed E-state index contributed by atoms with van der Waals surface area (Å²) in [4.78, 5) is 15.9. The Labute approximate surface area is 106 Å². The maximum absolute atomic E-state index is 11.9. The van der Waals surface area contributed by atoms with Gasteiger partial charge in [-0.3, -0.25) is 4.79 Å². The van der Waals surface area contributed by atoms with E-state index < -0.39 is 0 Å². The van der Waals surface area contributed by atoms with Crippen LogP contribution in [0.1, 0.15) is 22.6 Å². The highest BCUT2D eigenvalue weighted by atomic mass is 79.9. The van der Waals surface area contributed by atoms with Crippen molar-refractivity contribution in [2.45, 2.75) is 24.9 Å². The van der Waals surface area contributed by atoms with Gasteiger partial charge in [0, 0.05) is 12.1 Å². The third-order valence-electron chi connectivity index (χ3n) is 3.32. The molecule has 3 atom stereocenters. The van der Waals surface area contributed by atoms with Crippen molar-refractivity contribution in [2.24, 2.45) is 5.92 Å². The van der Waals surface area contributed by atoms with Gasteiger partial charge in [-0.25, -0.2) is 4.98 Å². The highest BCUT2D eigenvalue weighted by Crippen LogP contribution is 2.31. The van der Waals surface area contributed by atoms with E-state index in [-0.39, 0.29) is 11.9 Å². The van der Waals surface area contributed by atoms with Gasteiger partial charge in [-0.05, 0) is 41.2 Å². The zero-order chi connectivity index (χ0) is 11.1. The molecule has 1 amide bonds. The van der Waals surface area contributed by atoms with Crippen molar-refractivity contribution < 1.29 is 4.79 Å². The Morgan fingerprint density at radius 1 is 1.62 bits per heavy atom. The number of hydrogen-bond donors (Lipinski definition) is 2. The molecule has 86 valence electrons. The highest BCUT2D eigenvalue weighted by Gasteiger charge is 2.40. The summed E-state index contributed by atoms with van der Waals surface area (Å²) < 4.78 is 0.892. The molecule has 0 radical (unpaired) electrons. The van der Waals surface area contributed by atoms with Crippen molar-refractivity contribution in [3.8, 4) is 0 Å². The number of piperidine rings is 1. The molecule has 1 aromatic rings. The lowest BCUT2D eigenvalue weighted by Gasteiger charge is -2.23. The minimum atomic E-state index is -0.0462. The van der Waals surface area contributed by atoms with Gasteiger partial charge in [0.15, 0.2) is 5.01 Å². The minimum Gasteiger partial charge on any atom is -0.346 e. The first-order valence-electron chi connectivity index (χ1n) is 5.38. The molecule has 16 heavy (non-hydrogen) atoms. The van der Waals surface area contributed by atoms with Crippen LogP contribution in [0.4, 0.5) is 0 Å². The van der Waals surface area contributed by atoms with Crippen molar-refractivity contribution in [3.05, 3.63) is 15.0 Å². The summed E-state index contributed by atoms with van der Waals surface area (Å²) in [7, 11) is 0. The Bertz CT molecular complexity index is 422. The lowest BCUT2D eigenvalue weighted by Crippen LogP contribution is -2.47. The fourth-order valence-corrected chi connectivity index (χ4v) is 3.71. The van der Waals surface area contributed by atoms with Crippen LogP contribution in [-0.4, -0.2) is 29.5 Å². The van der Waals surface area contributed by atoms with Crippen LogP contribution in [0.15, 0.2) is 9.98 Å². The third-order valence-corrected chi connectivity index (χ3v) is 4.79. The Morgan fingerprint density at radius 3 is 3.06 bits per heavy atom. The van der Waals surface area contributed by atoms with Crippen LogP contribution in [0.25, 0.3) is 0 Å². The lowest BCUT2D eigenvalue weighted by molar-refractivity contribution is 0.0928. The summed E-state index contributed by atoms with van der Waals surface area (Å²) in [5.41, 5.74) is 0. The number of carbonyl (C=O) groups excluding carboxylic acids is 1. The maximum Gasteiger partial charge on any atom is 0.280 e. The third kappa shape index (κ3) is 1.89. The molecule has 2 heterocycles. The Kier molecular flexibility index (Phi) is 2.73. The van der Waals surface area contributed by atoms with E-state index in [0.29, 0.717) is 11.0 Å². The van der Waals surface area contributed by atoms with Crippen molar-refractivity contribution >= 4 is 33.2 Å². The molecule has 0 spiro atoms. The van der Waals surface area contributed by atoms with Crippen molar-refractivity contribution in [2.75, 3.05) is 6.54 Å². The molecule has 1 aliphatic carbocycles. The normalized spacial score (nSPS) is 31.9. The van der Waals surface area contributed by atoms with E-state index in [1.165, 1.54) is 17.8 Å². The first-order valence-corrected chi connectivity index (χ1v) is 6.99. The summed E-state index contributed by atoms with van der Waals surface area (Å²) in [6.07, 6.45) is 3.97. The zero-order valence-corrected chi connectivity index (χ0v) is 11.0. The smallest absolute Gasteiger partial charge is 0.280 e. The average Bonchev–Trinajstić information content (AvgIpc) is 2.92. The zero-order valence-electron chi connectivity index (χ0n) is 8.57. The van der Waals surface area contributed by atoms with Crippen LogP contribution in [0.5, 0.6) is 0 Å². The topological polar surface area (TPSA) is 54.0 Å². The molecule has 2 fully saturated rings. The predicted octanol–water partition coefficient (Wildman–Crippen LogP) is 1.39. The molecular weight excluding hydrogens is 290 g/mol. The van der Waals surface area contributed by atoms with Crippen LogP contribution in [0.2, 0.25) is 0 Å². The largest absolute Gasteiger partial charge is 0.346 e. The number of rotatable bonds is 2. The minimum absolute atomic E-state index is 0.0462. The van der Waals surface area contributed by atoms with E-state index >= 15 is 0 Å². The number of amides is 1. The van der Waals surface area contributed by atoms with Gasteiger partial charge in [0.25, 0.3) is 5.91 Å².